The van der Waals surface area contributed by atoms with Crippen molar-refractivity contribution in [3.05, 3.63) is 64.3 Å². The van der Waals surface area contributed by atoms with Crippen molar-refractivity contribution in [1.29, 1.82) is 0 Å². The van der Waals surface area contributed by atoms with Gasteiger partial charge in [-0.3, -0.25) is 9.48 Å². The molecule has 0 aliphatic heterocycles. The number of nitrogens with zero attached hydrogens (tertiary/aromatic N) is 2. The van der Waals surface area contributed by atoms with Gasteiger partial charge in [-0.05, 0) is 50.2 Å². The molecule has 0 spiro atoms. The van der Waals surface area contributed by atoms with Crippen molar-refractivity contribution in [3.63, 3.8) is 0 Å². The number of ether oxygens (including phenoxy) is 1. The Labute approximate surface area is 162 Å². The van der Waals surface area contributed by atoms with E-state index >= 15 is 0 Å². The van der Waals surface area contributed by atoms with E-state index in [0.29, 0.717) is 28.7 Å². The van der Waals surface area contributed by atoms with E-state index in [1.165, 1.54) is 18.2 Å². The fourth-order valence-corrected chi connectivity index (χ4v) is 2.63. The quantitative estimate of drug-likeness (QED) is 0.643. The summed E-state index contributed by atoms with van der Waals surface area (Å²) in [5, 5.41) is 7.40. The zero-order chi connectivity index (χ0) is 20.5. The van der Waals surface area contributed by atoms with Gasteiger partial charge in [-0.2, -0.15) is 5.10 Å². The lowest BCUT2D eigenvalue weighted by atomic mass is 10.3. The number of aromatic nitrogens is 2. The van der Waals surface area contributed by atoms with Crippen LogP contribution < -0.4 is 10.1 Å². The summed E-state index contributed by atoms with van der Waals surface area (Å²) in [5.41, 5.74) is 1.77. The first kappa shape index (κ1) is 19.8. The van der Waals surface area contributed by atoms with E-state index in [1.54, 1.807) is 17.7 Å². The summed E-state index contributed by atoms with van der Waals surface area (Å²) in [5.74, 6) is -0.365. The van der Waals surface area contributed by atoms with E-state index < -0.39 is 12.3 Å². The van der Waals surface area contributed by atoms with E-state index in [9.17, 15) is 18.0 Å². The Morgan fingerprint density at radius 2 is 1.89 bits per heavy atom. The van der Waals surface area contributed by atoms with E-state index in [-0.39, 0.29) is 11.5 Å². The van der Waals surface area contributed by atoms with Crippen molar-refractivity contribution in [2.75, 3.05) is 5.32 Å². The zero-order valence-electron chi connectivity index (χ0n) is 14.8. The molecule has 0 atom stereocenters. The summed E-state index contributed by atoms with van der Waals surface area (Å²) < 4.78 is 47.5. The third kappa shape index (κ3) is 4.66. The van der Waals surface area contributed by atoms with Crippen LogP contribution in [0.25, 0.3) is 0 Å². The second-order valence-electron chi connectivity index (χ2n) is 5.93. The molecular formula is C18H15ClF3N3O3. The highest BCUT2D eigenvalue weighted by molar-refractivity contribution is 6.31. The van der Waals surface area contributed by atoms with Gasteiger partial charge in [0.1, 0.15) is 11.5 Å². The number of nitrogens with one attached hydrogen (secondary N) is 1. The standard InChI is InChI=1S/C18H15ClF3N3O3/c1-10-16(19)11(2)25(24-10)9-14-7-8-15(27-14)17(26)23-12-3-5-13(6-4-12)28-18(20,21)22/h3-8H,9H2,1-2H3,(H,23,26). The van der Waals surface area contributed by atoms with Crippen LogP contribution in [0.5, 0.6) is 5.75 Å². The molecule has 10 heteroatoms. The van der Waals surface area contributed by atoms with Gasteiger partial charge in [-0.1, -0.05) is 11.6 Å². The Balaban J connectivity index is 1.65. The van der Waals surface area contributed by atoms with E-state index in [0.717, 1.165) is 17.8 Å². The van der Waals surface area contributed by atoms with Crippen LogP contribution in [0.2, 0.25) is 5.02 Å². The lowest BCUT2D eigenvalue weighted by molar-refractivity contribution is -0.274. The Kier molecular flexibility index (Phi) is 5.37. The van der Waals surface area contributed by atoms with Crippen molar-refractivity contribution in [3.8, 4) is 5.75 Å². The van der Waals surface area contributed by atoms with Crippen molar-refractivity contribution >= 4 is 23.2 Å². The van der Waals surface area contributed by atoms with Crippen LogP contribution in [-0.4, -0.2) is 22.1 Å². The van der Waals surface area contributed by atoms with Gasteiger partial charge in [0.15, 0.2) is 5.76 Å². The molecule has 0 saturated heterocycles. The summed E-state index contributed by atoms with van der Waals surface area (Å²) >= 11 is 6.11. The molecule has 28 heavy (non-hydrogen) atoms. The molecule has 148 valence electrons. The van der Waals surface area contributed by atoms with Crippen molar-refractivity contribution in [1.82, 2.24) is 9.78 Å². The number of aryl methyl sites for hydroxylation is 1. The van der Waals surface area contributed by atoms with Gasteiger partial charge >= 0.3 is 6.36 Å². The highest BCUT2D eigenvalue weighted by Crippen LogP contribution is 2.24. The van der Waals surface area contributed by atoms with Crippen LogP contribution in [0.15, 0.2) is 40.8 Å². The van der Waals surface area contributed by atoms with Crippen LogP contribution in [0.4, 0.5) is 18.9 Å². The van der Waals surface area contributed by atoms with Gasteiger partial charge in [0, 0.05) is 5.69 Å². The molecule has 3 aromatic rings. The number of hydrogen-bond acceptors (Lipinski definition) is 4. The fourth-order valence-electron chi connectivity index (χ4n) is 2.49. The third-order valence-electron chi connectivity index (χ3n) is 3.83. The maximum Gasteiger partial charge on any atom is 0.573 e. The predicted molar refractivity (Wildman–Crippen MR) is 95.6 cm³/mol. The monoisotopic (exact) mass is 413 g/mol. The summed E-state index contributed by atoms with van der Waals surface area (Å²) in [6.45, 7) is 3.92. The first-order valence-corrected chi connectivity index (χ1v) is 8.45. The molecule has 1 aromatic carbocycles. The molecule has 0 unspecified atom stereocenters. The highest BCUT2D eigenvalue weighted by atomic mass is 35.5. The van der Waals surface area contributed by atoms with Crippen LogP contribution in [0.3, 0.4) is 0 Å². The number of carbonyl (C=O) groups excluding carboxylic acids is 1. The molecule has 0 radical (unpaired) electrons. The number of hydrogen-bond donors (Lipinski definition) is 1. The first-order valence-electron chi connectivity index (χ1n) is 8.08. The second-order valence-corrected chi connectivity index (χ2v) is 6.31. The largest absolute Gasteiger partial charge is 0.573 e. The minimum absolute atomic E-state index is 0.0539. The van der Waals surface area contributed by atoms with Crippen LogP contribution >= 0.6 is 11.6 Å². The molecule has 0 bridgehead atoms. The molecule has 0 saturated carbocycles. The first-order chi connectivity index (χ1) is 13.1. The average molecular weight is 414 g/mol. The topological polar surface area (TPSA) is 69.3 Å². The van der Waals surface area contributed by atoms with Crippen molar-refractivity contribution < 1.29 is 27.1 Å². The second kappa shape index (κ2) is 7.59. The number of carbonyl (C=O) groups is 1. The highest BCUT2D eigenvalue weighted by Gasteiger charge is 2.31. The fraction of sp³-hybridized carbons (Fsp3) is 0.222. The van der Waals surface area contributed by atoms with Gasteiger partial charge in [-0.25, -0.2) is 0 Å². The number of rotatable bonds is 5. The maximum atomic E-state index is 12.3. The van der Waals surface area contributed by atoms with Crippen molar-refractivity contribution in [2.24, 2.45) is 0 Å². The Hall–Kier alpha value is -2.94. The van der Waals surface area contributed by atoms with Gasteiger partial charge in [-0.15, -0.1) is 13.2 Å². The van der Waals surface area contributed by atoms with Crippen molar-refractivity contribution in [2.45, 2.75) is 26.8 Å². The normalized spacial score (nSPS) is 11.5. The molecule has 3 rings (SSSR count). The van der Waals surface area contributed by atoms with Gasteiger partial charge in [0.2, 0.25) is 0 Å². The predicted octanol–water partition coefficient (Wildman–Crippen LogP) is 4.95. The average Bonchev–Trinajstić information content (AvgIpc) is 3.17. The number of benzene rings is 1. The Morgan fingerprint density at radius 3 is 2.46 bits per heavy atom. The van der Waals surface area contributed by atoms with Crippen LogP contribution in [0.1, 0.15) is 27.7 Å². The Morgan fingerprint density at radius 1 is 1.21 bits per heavy atom. The molecular weight excluding hydrogens is 399 g/mol. The molecule has 2 heterocycles. The number of alkyl halides is 3. The molecule has 6 nitrogen and oxygen atoms in total. The summed E-state index contributed by atoms with van der Waals surface area (Å²) in [6, 6.07) is 7.92. The van der Waals surface area contributed by atoms with Gasteiger partial charge in [0.05, 0.1) is 23.0 Å². The summed E-state index contributed by atoms with van der Waals surface area (Å²) in [4.78, 5) is 12.3. The SMILES string of the molecule is Cc1nn(Cc2ccc(C(=O)Nc3ccc(OC(F)(F)F)cc3)o2)c(C)c1Cl. The van der Waals surface area contributed by atoms with E-state index in [1.807, 2.05) is 6.92 Å². The number of amides is 1. The molecule has 0 fully saturated rings. The number of halogens is 4. The number of furan rings is 1. The lowest BCUT2D eigenvalue weighted by Crippen LogP contribution is -2.17. The van der Waals surface area contributed by atoms with Gasteiger partial charge < -0.3 is 14.5 Å². The Bertz CT molecular complexity index is 994. The minimum Gasteiger partial charge on any atom is -0.454 e. The zero-order valence-corrected chi connectivity index (χ0v) is 15.6. The lowest BCUT2D eigenvalue weighted by Gasteiger charge is -2.09. The van der Waals surface area contributed by atoms with E-state index in [2.05, 4.69) is 15.2 Å². The third-order valence-corrected chi connectivity index (χ3v) is 4.38. The molecule has 0 aliphatic rings. The summed E-state index contributed by atoms with van der Waals surface area (Å²) in [6.07, 6.45) is -4.77. The molecule has 1 N–H and O–H groups in total. The van der Waals surface area contributed by atoms with Gasteiger partial charge in [0.25, 0.3) is 5.91 Å². The number of anilines is 1. The molecule has 1 amide bonds. The maximum absolute atomic E-state index is 12.3. The smallest absolute Gasteiger partial charge is 0.454 e. The minimum atomic E-state index is -4.77. The van der Waals surface area contributed by atoms with E-state index in [4.69, 9.17) is 16.0 Å². The van der Waals surface area contributed by atoms with Crippen LogP contribution in [0, 0.1) is 13.8 Å². The van der Waals surface area contributed by atoms with Crippen LogP contribution in [-0.2, 0) is 6.54 Å². The summed E-state index contributed by atoms with van der Waals surface area (Å²) in [7, 11) is 0. The molecule has 0 aliphatic carbocycles. The molecule has 2 aromatic heterocycles.